The zero-order chi connectivity index (χ0) is 29.5. The van der Waals surface area contributed by atoms with Crippen molar-refractivity contribution in [3.8, 4) is 0 Å². The average molecular weight is 560 g/mol. The third-order valence-electron chi connectivity index (χ3n) is 6.09. The van der Waals surface area contributed by atoms with Crippen molar-refractivity contribution in [2.75, 3.05) is 6.61 Å². The fourth-order valence-corrected chi connectivity index (χ4v) is 4.12. The number of aromatic amines is 1. The van der Waals surface area contributed by atoms with Gasteiger partial charge in [-0.05, 0) is 50.3 Å². The number of esters is 4. The van der Waals surface area contributed by atoms with Crippen LogP contribution in [0.15, 0.2) is 42.3 Å². The highest BCUT2D eigenvalue weighted by molar-refractivity contribution is 5.83. The highest BCUT2D eigenvalue weighted by Crippen LogP contribution is 2.24. The van der Waals surface area contributed by atoms with Gasteiger partial charge in [-0.25, -0.2) is 0 Å². The third-order valence-corrected chi connectivity index (χ3v) is 6.09. The van der Waals surface area contributed by atoms with Gasteiger partial charge in [-0.1, -0.05) is 39.0 Å². The number of allylic oxidation sites excluding steroid dienone is 1. The number of aliphatic hydroxyl groups is 1. The van der Waals surface area contributed by atoms with Crippen LogP contribution in [0.2, 0.25) is 0 Å². The average Bonchev–Trinajstić information content (AvgIpc) is 3.35. The van der Waals surface area contributed by atoms with Gasteiger partial charge in [0.1, 0.15) is 5.76 Å². The maximum Gasteiger partial charge on any atom is 0.311 e. The van der Waals surface area contributed by atoms with E-state index in [4.69, 9.17) is 18.9 Å². The van der Waals surface area contributed by atoms with E-state index in [1.165, 1.54) is 6.08 Å². The standard InChI is InChI=1S/C30H41NO9/c1-5-11-25(33)38-24(19-32)30(40-27(35)13-7-3)29(39-26(34)12-6-2)23(8-4)37-28(36)17-16-20-18-31-22-15-10-9-14-21(20)22/h8-10,14-15,18,24,29-32H,5-7,11-13,16-17,19H2,1-4H3/b23-8-/t24-,29+,30+/m1/s1. The molecule has 0 aliphatic rings. The van der Waals surface area contributed by atoms with E-state index in [1.807, 2.05) is 30.5 Å². The summed E-state index contributed by atoms with van der Waals surface area (Å²) in [4.78, 5) is 53.6. The highest BCUT2D eigenvalue weighted by Gasteiger charge is 2.41. The maximum absolute atomic E-state index is 13.0. The number of carbonyl (C=O) groups excluding carboxylic acids is 4. The van der Waals surface area contributed by atoms with E-state index < -0.39 is 48.8 Å². The fourth-order valence-electron chi connectivity index (χ4n) is 4.12. The molecule has 40 heavy (non-hydrogen) atoms. The molecule has 0 bridgehead atoms. The van der Waals surface area contributed by atoms with Crippen molar-refractivity contribution < 1.29 is 43.2 Å². The summed E-state index contributed by atoms with van der Waals surface area (Å²) in [6.45, 7) is 6.22. The molecule has 2 aromatic rings. The van der Waals surface area contributed by atoms with Crippen molar-refractivity contribution in [1.29, 1.82) is 0 Å². The van der Waals surface area contributed by atoms with E-state index in [-0.39, 0.29) is 31.4 Å². The number of benzene rings is 1. The van der Waals surface area contributed by atoms with Gasteiger partial charge in [0, 0.05) is 36.4 Å². The Bertz CT molecular complexity index is 1150. The van der Waals surface area contributed by atoms with Crippen LogP contribution in [0.25, 0.3) is 10.9 Å². The number of aliphatic hydroxyl groups excluding tert-OH is 1. The molecule has 10 nitrogen and oxygen atoms in total. The second kappa shape index (κ2) is 17.1. The zero-order valence-electron chi connectivity index (χ0n) is 23.8. The lowest BCUT2D eigenvalue weighted by molar-refractivity contribution is -0.189. The Morgan fingerprint density at radius 1 is 0.850 bits per heavy atom. The van der Waals surface area contributed by atoms with Crippen LogP contribution in [-0.4, -0.2) is 58.9 Å². The summed E-state index contributed by atoms with van der Waals surface area (Å²) in [5.41, 5.74) is 1.89. The minimum atomic E-state index is -1.45. The summed E-state index contributed by atoms with van der Waals surface area (Å²) in [5, 5.41) is 11.1. The van der Waals surface area contributed by atoms with Crippen molar-refractivity contribution in [3.63, 3.8) is 0 Å². The molecule has 0 fully saturated rings. The van der Waals surface area contributed by atoms with Gasteiger partial charge in [-0.15, -0.1) is 0 Å². The van der Waals surface area contributed by atoms with Gasteiger partial charge in [-0.2, -0.15) is 0 Å². The smallest absolute Gasteiger partial charge is 0.311 e. The molecule has 1 aromatic carbocycles. The zero-order valence-corrected chi connectivity index (χ0v) is 23.8. The number of aryl methyl sites for hydroxylation is 1. The van der Waals surface area contributed by atoms with Gasteiger partial charge in [0.05, 0.1) is 13.0 Å². The first kappa shape index (κ1) is 32.6. The number of carbonyl (C=O) groups is 4. The number of hydrogen-bond donors (Lipinski definition) is 2. The van der Waals surface area contributed by atoms with Gasteiger partial charge in [0.2, 0.25) is 0 Å². The Balaban J connectivity index is 2.32. The predicted octanol–water partition coefficient (Wildman–Crippen LogP) is 4.68. The minimum Gasteiger partial charge on any atom is -0.456 e. The molecule has 1 heterocycles. The molecule has 0 aliphatic carbocycles. The highest BCUT2D eigenvalue weighted by atomic mass is 16.6. The fraction of sp³-hybridized carbons (Fsp3) is 0.533. The molecule has 10 heteroatoms. The molecular weight excluding hydrogens is 518 g/mol. The topological polar surface area (TPSA) is 141 Å². The number of nitrogens with one attached hydrogen (secondary N) is 1. The molecule has 0 amide bonds. The first-order valence-corrected chi connectivity index (χ1v) is 13.9. The van der Waals surface area contributed by atoms with Crippen LogP contribution in [-0.2, 0) is 44.5 Å². The Labute approximate surface area is 235 Å². The molecular formula is C30H41NO9. The Morgan fingerprint density at radius 3 is 2.05 bits per heavy atom. The Hall–Kier alpha value is -3.66. The lowest BCUT2D eigenvalue weighted by Gasteiger charge is -2.32. The molecule has 2 N–H and O–H groups in total. The van der Waals surface area contributed by atoms with E-state index in [0.29, 0.717) is 25.7 Å². The van der Waals surface area contributed by atoms with E-state index in [1.54, 1.807) is 27.7 Å². The lowest BCUT2D eigenvalue weighted by Crippen LogP contribution is -2.48. The molecule has 2 rings (SSSR count). The number of para-hydroxylation sites is 1. The van der Waals surface area contributed by atoms with Crippen molar-refractivity contribution >= 4 is 34.8 Å². The number of aromatic nitrogens is 1. The van der Waals surface area contributed by atoms with E-state index in [9.17, 15) is 24.3 Å². The van der Waals surface area contributed by atoms with Crippen molar-refractivity contribution in [2.24, 2.45) is 0 Å². The molecule has 0 unspecified atom stereocenters. The van der Waals surface area contributed by atoms with Gasteiger partial charge >= 0.3 is 23.9 Å². The van der Waals surface area contributed by atoms with Gasteiger partial charge < -0.3 is 29.0 Å². The van der Waals surface area contributed by atoms with Crippen LogP contribution in [0.4, 0.5) is 0 Å². The van der Waals surface area contributed by atoms with E-state index in [2.05, 4.69) is 4.98 Å². The summed E-state index contributed by atoms with van der Waals surface area (Å²) in [5.74, 6) is -2.58. The van der Waals surface area contributed by atoms with Gasteiger partial charge in [0.15, 0.2) is 18.3 Å². The van der Waals surface area contributed by atoms with Crippen LogP contribution in [0.1, 0.15) is 78.2 Å². The second-order valence-corrected chi connectivity index (χ2v) is 9.35. The van der Waals surface area contributed by atoms with E-state index in [0.717, 1.165) is 16.5 Å². The largest absolute Gasteiger partial charge is 0.456 e. The van der Waals surface area contributed by atoms with Gasteiger partial charge in [-0.3, -0.25) is 19.2 Å². The SMILES string of the molecule is C/C=C(\OC(=O)CCc1c[nH]c2ccccc12)[C@H](OC(=O)CCC)[C@@H](OC(=O)CCC)[C@@H](CO)OC(=O)CCC. The molecule has 0 saturated carbocycles. The van der Waals surface area contributed by atoms with E-state index >= 15 is 0 Å². The Morgan fingerprint density at radius 2 is 1.45 bits per heavy atom. The number of H-pyrrole nitrogens is 1. The number of hydrogen-bond acceptors (Lipinski definition) is 9. The Kier molecular flexibility index (Phi) is 13.9. The molecule has 0 saturated heterocycles. The number of ether oxygens (including phenoxy) is 4. The van der Waals surface area contributed by atoms with Crippen LogP contribution >= 0.6 is 0 Å². The van der Waals surface area contributed by atoms with Crippen molar-refractivity contribution in [3.05, 3.63) is 47.9 Å². The van der Waals surface area contributed by atoms with Crippen molar-refractivity contribution in [1.82, 2.24) is 4.98 Å². The van der Waals surface area contributed by atoms with Crippen LogP contribution in [0, 0.1) is 0 Å². The first-order chi connectivity index (χ1) is 19.3. The van der Waals surface area contributed by atoms with Gasteiger partial charge in [0.25, 0.3) is 0 Å². The van der Waals surface area contributed by atoms with Crippen LogP contribution < -0.4 is 0 Å². The summed E-state index contributed by atoms with van der Waals surface area (Å²) in [6, 6.07) is 7.72. The summed E-state index contributed by atoms with van der Waals surface area (Å²) in [6.07, 6.45) is 1.06. The quantitative estimate of drug-likeness (QED) is 0.161. The second-order valence-electron chi connectivity index (χ2n) is 9.35. The molecule has 0 radical (unpaired) electrons. The summed E-state index contributed by atoms with van der Waals surface area (Å²) >= 11 is 0. The third kappa shape index (κ3) is 9.82. The monoisotopic (exact) mass is 559 g/mol. The summed E-state index contributed by atoms with van der Waals surface area (Å²) < 4.78 is 22.3. The maximum atomic E-state index is 13.0. The molecule has 3 atom stereocenters. The molecule has 1 aromatic heterocycles. The molecule has 0 spiro atoms. The van der Waals surface area contributed by atoms with Crippen LogP contribution in [0.3, 0.4) is 0 Å². The van der Waals surface area contributed by atoms with Crippen LogP contribution in [0.5, 0.6) is 0 Å². The predicted molar refractivity (Wildman–Crippen MR) is 148 cm³/mol. The van der Waals surface area contributed by atoms with Crippen molar-refractivity contribution in [2.45, 2.75) is 97.4 Å². The normalized spacial score (nSPS) is 13.8. The minimum absolute atomic E-state index is 0.0179. The number of fused-ring (bicyclic) bond motifs is 1. The lowest BCUT2D eigenvalue weighted by atomic mass is 10.0. The molecule has 0 aliphatic heterocycles. The number of rotatable bonds is 17. The first-order valence-electron chi connectivity index (χ1n) is 13.9. The molecule has 220 valence electrons. The summed E-state index contributed by atoms with van der Waals surface area (Å²) in [7, 11) is 0.